The summed E-state index contributed by atoms with van der Waals surface area (Å²) in [6, 6.07) is 7.95. The molecule has 0 radical (unpaired) electrons. The fourth-order valence-electron chi connectivity index (χ4n) is 3.35. The molecule has 24 heavy (non-hydrogen) atoms. The van der Waals surface area contributed by atoms with Gasteiger partial charge in [0.2, 0.25) is 0 Å². The van der Waals surface area contributed by atoms with E-state index >= 15 is 0 Å². The quantitative estimate of drug-likeness (QED) is 0.791. The van der Waals surface area contributed by atoms with Gasteiger partial charge in [-0.2, -0.15) is 11.3 Å². The first-order valence-electron chi connectivity index (χ1n) is 8.30. The zero-order chi connectivity index (χ0) is 16.4. The van der Waals surface area contributed by atoms with Crippen LogP contribution in [0.25, 0.3) is 10.8 Å². The number of thiophene rings is 1. The SMILES string of the molecule is Oc1ccc2ccncc2c1CN1CCN(Cc2ccsc2)CC1. The molecular weight excluding hydrogens is 318 g/mol. The molecule has 0 atom stereocenters. The number of aromatic hydroxyl groups is 1. The van der Waals surface area contributed by atoms with Gasteiger partial charge in [-0.15, -0.1) is 0 Å². The number of piperazine rings is 1. The van der Waals surface area contributed by atoms with Gasteiger partial charge < -0.3 is 5.11 Å². The minimum Gasteiger partial charge on any atom is -0.508 e. The van der Waals surface area contributed by atoms with Crippen LogP contribution in [0.5, 0.6) is 5.75 Å². The second-order valence-electron chi connectivity index (χ2n) is 6.34. The van der Waals surface area contributed by atoms with Gasteiger partial charge in [0, 0.05) is 62.6 Å². The summed E-state index contributed by atoms with van der Waals surface area (Å²) in [4.78, 5) is 9.15. The lowest BCUT2D eigenvalue weighted by atomic mass is 10.0. The molecule has 0 amide bonds. The molecule has 4 nitrogen and oxygen atoms in total. The van der Waals surface area contributed by atoms with Crippen LogP contribution in [0.3, 0.4) is 0 Å². The number of hydrogen-bond acceptors (Lipinski definition) is 5. The van der Waals surface area contributed by atoms with Gasteiger partial charge in [-0.05, 0) is 39.9 Å². The highest BCUT2D eigenvalue weighted by molar-refractivity contribution is 7.07. The molecule has 4 rings (SSSR count). The molecule has 1 saturated heterocycles. The Hall–Kier alpha value is -1.95. The fourth-order valence-corrected chi connectivity index (χ4v) is 4.01. The summed E-state index contributed by atoms with van der Waals surface area (Å²) in [5.74, 6) is 0.371. The lowest BCUT2D eigenvalue weighted by Gasteiger charge is -2.34. The number of benzene rings is 1. The average Bonchev–Trinajstić information content (AvgIpc) is 3.12. The highest BCUT2D eigenvalue weighted by Crippen LogP contribution is 2.28. The normalized spacial score (nSPS) is 16.7. The number of hydrogen-bond donors (Lipinski definition) is 1. The van der Waals surface area contributed by atoms with Gasteiger partial charge in [-0.1, -0.05) is 6.07 Å². The number of aromatic nitrogens is 1. The topological polar surface area (TPSA) is 39.6 Å². The van der Waals surface area contributed by atoms with Crippen molar-refractivity contribution in [3.05, 3.63) is 58.5 Å². The molecule has 2 aromatic heterocycles. The Labute approximate surface area is 146 Å². The van der Waals surface area contributed by atoms with E-state index in [0.717, 1.165) is 55.6 Å². The third-order valence-electron chi connectivity index (χ3n) is 4.74. The van der Waals surface area contributed by atoms with Gasteiger partial charge >= 0.3 is 0 Å². The number of phenolic OH excluding ortho intramolecular Hbond substituents is 1. The Morgan fingerprint density at radius 1 is 1.00 bits per heavy atom. The van der Waals surface area contributed by atoms with E-state index in [4.69, 9.17) is 0 Å². The molecule has 0 saturated carbocycles. The Morgan fingerprint density at radius 3 is 2.54 bits per heavy atom. The Balaban J connectivity index is 1.43. The van der Waals surface area contributed by atoms with Gasteiger partial charge in [0.05, 0.1) is 0 Å². The van der Waals surface area contributed by atoms with Crippen molar-refractivity contribution in [2.24, 2.45) is 0 Å². The highest BCUT2D eigenvalue weighted by Gasteiger charge is 2.19. The van der Waals surface area contributed by atoms with Crippen LogP contribution >= 0.6 is 11.3 Å². The molecular formula is C19H21N3OS. The molecule has 0 unspecified atom stereocenters. The Bertz CT molecular complexity index is 811. The molecule has 1 N–H and O–H groups in total. The molecule has 0 spiro atoms. The van der Waals surface area contributed by atoms with E-state index < -0.39 is 0 Å². The second kappa shape index (κ2) is 6.89. The zero-order valence-corrected chi connectivity index (χ0v) is 14.4. The molecule has 1 fully saturated rings. The first-order valence-corrected chi connectivity index (χ1v) is 9.24. The number of nitrogens with zero attached hydrogens (tertiary/aromatic N) is 3. The largest absolute Gasteiger partial charge is 0.508 e. The predicted molar refractivity (Wildman–Crippen MR) is 98.3 cm³/mol. The van der Waals surface area contributed by atoms with Crippen molar-refractivity contribution in [3.63, 3.8) is 0 Å². The second-order valence-corrected chi connectivity index (χ2v) is 7.12. The van der Waals surface area contributed by atoms with E-state index in [9.17, 15) is 5.11 Å². The molecule has 124 valence electrons. The lowest BCUT2D eigenvalue weighted by Crippen LogP contribution is -2.45. The van der Waals surface area contributed by atoms with Gasteiger partial charge in [0.1, 0.15) is 5.75 Å². The van der Waals surface area contributed by atoms with Crippen LogP contribution in [0.4, 0.5) is 0 Å². The van der Waals surface area contributed by atoms with E-state index in [2.05, 4.69) is 31.6 Å². The van der Waals surface area contributed by atoms with Crippen LogP contribution in [0.1, 0.15) is 11.1 Å². The van der Waals surface area contributed by atoms with Crippen LogP contribution in [-0.4, -0.2) is 46.1 Å². The summed E-state index contributed by atoms with van der Waals surface area (Å²) >= 11 is 1.76. The van der Waals surface area contributed by atoms with Crippen LogP contribution in [0, 0.1) is 0 Å². The van der Waals surface area contributed by atoms with Crippen molar-refractivity contribution in [2.75, 3.05) is 26.2 Å². The smallest absolute Gasteiger partial charge is 0.120 e. The maximum atomic E-state index is 10.3. The average molecular weight is 339 g/mol. The highest BCUT2D eigenvalue weighted by atomic mass is 32.1. The molecule has 1 aliphatic heterocycles. The van der Waals surface area contributed by atoms with Crippen LogP contribution in [0.2, 0.25) is 0 Å². The summed E-state index contributed by atoms with van der Waals surface area (Å²) in [5, 5.41) is 16.9. The minimum absolute atomic E-state index is 0.371. The maximum Gasteiger partial charge on any atom is 0.120 e. The first-order chi connectivity index (χ1) is 11.8. The molecule has 1 aromatic carbocycles. The summed E-state index contributed by atoms with van der Waals surface area (Å²) in [6.07, 6.45) is 3.66. The lowest BCUT2D eigenvalue weighted by molar-refractivity contribution is 0.122. The van der Waals surface area contributed by atoms with E-state index in [-0.39, 0.29) is 0 Å². The zero-order valence-electron chi connectivity index (χ0n) is 13.6. The number of rotatable bonds is 4. The summed E-state index contributed by atoms with van der Waals surface area (Å²) in [5.41, 5.74) is 2.40. The molecule has 5 heteroatoms. The monoisotopic (exact) mass is 339 g/mol. The van der Waals surface area contributed by atoms with Crippen molar-refractivity contribution < 1.29 is 5.11 Å². The third-order valence-corrected chi connectivity index (χ3v) is 5.47. The molecule has 3 aromatic rings. The van der Waals surface area contributed by atoms with Crippen molar-refractivity contribution in [3.8, 4) is 5.75 Å². The van der Waals surface area contributed by atoms with Gasteiger partial charge in [-0.3, -0.25) is 14.8 Å². The van der Waals surface area contributed by atoms with E-state index in [1.807, 2.05) is 18.3 Å². The van der Waals surface area contributed by atoms with Crippen molar-refractivity contribution in [1.29, 1.82) is 0 Å². The maximum absolute atomic E-state index is 10.3. The van der Waals surface area contributed by atoms with Crippen molar-refractivity contribution >= 4 is 22.1 Å². The molecule has 1 aliphatic rings. The Morgan fingerprint density at radius 2 is 1.79 bits per heavy atom. The summed E-state index contributed by atoms with van der Waals surface area (Å²) in [6.45, 7) is 6.02. The number of fused-ring (bicyclic) bond motifs is 1. The van der Waals surface area contributed by atoms with Crippen molar-refractivity contribution in [1.82, 2.24) is 14.8 Å². The predicted octanol–water partition coefficient (Wildman–Crippen LogP) is 3.32. The van der Waals surface area contributed by atoms with Crippen LogP contribution in [0.15, 0.2) is 47.4 Å². The van der Waals surface area contributed by atoms with E-state index in [0.29, 0.717) is 5.75 Å². The van der Waals surface area contributed by atoms with Gasteiger partial charge in [0.25, 0.3) is 0 Å². The van der Waals surface area contributed by atoms with Gasteiger partial charge in [0.15, 0.2) is 0 Å². The van der Waals surface area contributed by atoms with Crippen LogP contribution in [-0.2, 0) is 13.1 Å². The fraction of sp³-hybridized carbons (Fsp3) is 0.316. The Kier molecular flexibility index (Phi) is 4.47. The van der Waals surface area contributed by atoms with E-state index in [1.54, 1.807) is 23.6 Å². The standard InChI is InChI=1S/C19H21N3OS/c23-19-2-1-16-3-5-20-11-17(16)18(19)13-22-8-6-21(7-9-22)12-15-4-10-24-14-15/h1-5,10-11,14,23H,6-9,12-13H2. The first kappa shape index (κ1) is 15.6. The minimum atomic E-state index is 0.371. The third kappa shape index (κ3) is 3.29. The van der Waals surface area contributed by atoms with E-state index in [1.165, 1.54) is 5.56 Å². The molecule has 0 bridgehead atoms. The van der Waals surface area contributed by atoms with Gasteiger partial charge in [-0.25, -0.2) is 0 Å². The number of phenols is 1. The number of pyridine rings is 1. The summed E-state index contributed by atoms with van der Waals surface area (Å²) < 4.78 is 0. The van der Waals surface area contributed by atoms with Crippen LogP contribution < -0.4 is 0 Å². The van der Waals surface area contributed by atoms with Crippen molar-refractivity contribution in [2.45, 2.75) is 13.1 Å². The molecule has 3 heterocycles. The molecule has 0 aliphatic carbocycles. The summed E-state index contributed by atoms with van der Waals surface area (Å²) in [7, 11) is 0.